The lowest BCUT2D eigenvalue weighted by atomic mass is 10.2. The van der Waals surface area contributed by atoms with Crippen molar-refractivity contribution >= 4 is 0 Å². The minimum atomic E-state index is -0.662. The first-order chi connectivity index (χ1) is 9.20. The van der Waals surface area contributed by atoms with Crippen LogP contribution in [0.15, 0.2) is 18.2 Å². The zero-order chi connectivity index (χ0) is 13.7. The predicted octanol–water partition coefficient (Wildman–Crippen LogP) is 2.16. The molecule has 2 rings (SSSR count). The van der Waals surface area contributed by atoms with E-state index in [1.807, 2.05) is 0 Å². The Bertz CT molecular complexity index is 408. The molecule has 5 heteroatoms. The van der Waals surface area contributed by atoms with E-state index in [4.69, 9.17) is 10.5 Å². The van der Waals surface area contributed by atoms with Gasteiger partial charge in [-0.25, -0.2) is 8.78 Å². The van der Waals surface area contributed by atoms with Crippen molar-refractivity contribution in [2.45, 2.75) is 25.3 Å². The first-order valence-electron chi connectivity index (χ1n) is 6.72. The third-order valence-electron chi connectivity index (χ3n) is 3.53. The fourth-order valence-corrected chi connectivity index (χ4v) is 2.45. The summed E-state index contributed by atoms with van der Waals surface area (Å²) >= 11 is 0. The molecule has 0 saturated carbocycles. The highest BCUT2D eigenvalue weighted by Crippen LogP contribution is 2.19. The summed E-state index contributed by atoms with van der Waals surface area (Å²) in [6.45, 7) is 3.12. The van der Waals surface area contributed by atoms with E-state index in [2.05, 4.69) is 4.90 Å². The Kier molecular flexibility index (Phi) is 5.10. The van der Waals surface area contributed by atoms with Gasteiger partial charge in [-0.1, -0.05) is 0 Å². The number of nitrogens with zero attached hydrogens (tertiary/aromatic N) is 1. The third-order valence-corrected chi connectivity index (χ3v) is 3.53. The molecule has 106 valence electrons. The molecular weight excluding hydrogens is 250 g/mol. The zero-order valence-corrected chi connectivity index (χ0v) is 10.9. The Hall–Kier alpha value is -1.20. The van der Waals surface area contributed by atoms with Crippen molar-refractivity contribution in [1.29, 1.82) is 0 Å². The van der Waals surface area contributed by atoms with Crippen LogP contribution in [0.4, 0.5) is 8.78 Å². The number of nitrogens with two attached hydrogens (primary N) is 1. The predicted molar refractivity (Wildman–Crippen MR) is 70.1 cm³/mol. The molecule has 0 bridgehead atoms. The third kappa shape index (κ3) is 3.88. The van der Waals surface area contributed by atoms with Gasteiger partial charge in [-0.3, -0.25) is 4.90 Å². The van der Waals surface area contributed by atoms with E-state index in [1.54, 1.807) is 0 Å². The van der Waals surface area contributed by atoms with Crippen LogP contribution in [0, 0.1) is 11.6 Å². The maximum atomic E-state index is 13.4. The van der Waals surface area contributed by atoms with Crippen LogP contribution in [0.3, 0.4) is 0 Å². The normalized spacial score (nSPS) is 17.6. The number of rotatable bonds is 6. The van der Waals surface area contributed by atoms with Gasteiger partial charge in [0.1, 0.15) is 5.82 Å². The van der Waals surface area contributed by atoms with E-state index in [1.165, 1.54) is 25.0 Å². The van der Waals surface area contributed by atoms with Crippen molar-refractivity contribution in [1.82, 2.24) is 4.90 Å². The summed E-state index contributed by atoms with van der Waals surface area (Å²) in [7, 11) is 0. The number of hydrogen-bond donors (Lipinski definition) is 1. The highest BCUT2D eigenvalue weighted by Gasteiger charge is 2.20. The quantitative estimate of drug-likeness (QED) is 0.861. The van der Waals surface area contributed by atoms with Crippen LogP contribution in [-0.2, 0) is 0 Å². The van der Waals surface area contributed by atoms with E-state index in [9.17, 15) is 8.78 Å². The largest absolute Gasteiger partial charge is 0.490 e. The molecule has 0 aromatic heterocycles. The fraction of sp³-hybridized carbons (Fsp3) is 0.571. The molecule has 0 radical (unpaired) electrons. The van der Waals surface area contributed by atoms with Gasteiger partial charge in [-0.05, 0) is 44.5 Å². The van der Waals surface area contributed by atoms with E-state index in [0.29, 0.717) is 13.2 Å². The molecule has 1 saturated heterocycles. The topological polar surface area (TPSA) is 38.5 Å². The van der Waals surface area contributed by atoms with Gasteiger partial charge in [-0.15, -0.1) is 0 Å². The minimum Gasteiger partial charge on any atom is -0.490 e. The Morgan fingerprint density at radius 1 is 1.26 bits per heavy atom. The summed E-state index contributed by atoms with van der Waals surface area (Å²) in [6, 6.07) is 3.62. The summed E-state index contributed by atoms with van der Waals surface area (Å²) < 4.78 is 31.5. The standard InChI is InChI=1S/C14H20F2N2O/c15-11-3-4-14(13(16)9-11)19-8-5-12(10-17)18-6-1-2-7-18/h3-4,9,12H,1-2,5-8,10,17H2. The summed E-state index contributed by atoms with van der Waals surface area (Å²) in [5.41, 5.74) is 5.76. The molecule has 0 spiro atoms. The number of halogens is 2. The van der Waals surface area contributed by atoms with Crippen LogP contribution in [0.1, 0.15) is 19.3 Å². The van der Waals surface area contributed by atoms with Crippen LogP contribution in [0.25, 0.3) is 0 Å². The van der Waals surface area contributed by atoms with Crippen LogP contribution in [0.2, 0.25) is 0 Å². The van der Waals surface area contributed by atoms with Crippen LogP contribution < -0.4 is 10.5 Å². The monoisotopic (exact) mass is 270 g/mol. The van der Waals surface area contributed by atoms with Crippen molar-refractivity contribution < 1.29 is 13.5 Å². The van der Waals surface area contributed by atoms with Gasteiger partial charge in [0.25, 0.3) is 0 Å². The molecule has 3 nitrogen and oxygen atoms in total. The van der Waals surface area contributed by atoms with Crippen molar-refractivity contribution in [3.05, 3.63) is 29.8 Å². The Labute approximate surface area is 112 Å². The minimum absolute atomic E-state index is 0.0959. The van der Waals surface area contributed by atoms with Crippen molar-refractivity contribution in [2.24, 2.45) is 5.73 Å². The first-order valence-corrected chi connectivity index (χ1v) is 6.72. The molecule has 1 aliphatic heterocycles. The molecule has 1 atom stereocenters. The lowest BCUT2D eigenvalue weighted by molar-refractivity contribution is 0.194. The van der Waals surface area contributed by atoms with Gasteiger partial charge in [0.2, 0.25) is 0 Å². The molecule has 1 fully saturated rings. The fourth-order valence-electron chi connectivity index (χ4n) is 2.45. The molecule has 19 heavy (non-hydrogen) atoms. The van der Waals surface area contributed by atoms with Gasteiger partial charge in [0.15, 0.2) is 11.6 Å². The molecule has 1 heterocycles. The molecule has 2 N–H and O–H groups in total. The number of ether oxygens (including phenoxy) is 1. The van der Waals surface area contributed by atoms with Gasteiger partial charge < -0.3 is 10.5 Å². The maximum absolute atomic E-state index is 13.4. The molecule has 1 aliphatic rings. The molecule has 0 amide bonds. The van der Waals surface area contributed by atoms with E-state index >= 15 is 0 Å². The highest BCUT2D eigenvalue weighted by molar-refractivity contribution is 5.24. The second-order valence-corrected chi connectivity index (χ2v) is 4.84. The second-order valence-electron chi connectivity index (χ2n) is 4.84. The Balaban J connectivity index is 1.81. The van der Waals surface area contributed by atoms with Crippen LogP contribution in [-0.4, -0.2) is 37.2 Å². The molecule has 0 aliphatic carbocycles. The summed E-state index contributed by atoms with van der Waals surface area (Å²) in [6.07, 6.45) is 3.18. The number of likely N-dealkylation sites (tertiary alicyclic amines) is 1. The Morgan fingerprint density at radius 2 is 2.00 bits per heavy atom. The van der Waals surface area contributed by atoms with Crippen molar-refractivity contribution in [2.75, 3.05) is 26.2 Å². The molecule has 1 aromatic rings. The SMILES string of the molecule is NCC(CCOc1ccc(F)cc1F)N1CCCC1. The highest BCUT2D eigenvalue weighted by atomic mass is 19.1. The van der Waals surface area contributed by atoms with E-state index < -0.39 is 11.6 Å². The zero-order valence-electron chi connectivity index (χ0n) is 10.9. The average Bonchev–Trinajstić information content (AvgIpc) is 2.90. The summed E-state index contributed by atoms with van der Waals surface area (Å²) in [5, 5.41) is 0. The lowest BCUT2D eigenvalue weighted by Gasteiger charge is -2.26. The van der Waals surface area contributed by atoms with Gasteiger partial charge in [-0.2, -0.15) is 0 Å². The van der Waals surface area contributed by atoms with Gasteiger partial charge in [0, 0.05) is 18.7 Å². The summed E-state index contributed by atoms with van der Waals surface area (Å²) in [5.74, 6) is -1.16. The summed E-state index contributed by atoms with van der Waals surface area (Å²) in [4.78, 5) is 2.35. The second kappa shape index (κ2) is 6.82. The maximum Gasteiger partial charge on any atom is 0.167 e. The van der Waals surface area contributed by atoms with Gasteiger partial charge in [0.05, 0.1) is 6.61 Å². The van der Waals surface area contributed by atoms with E-state index in [0.717, 1.165) is 25.6 Å². The first kappa shape index (κ1) is 14.2. The average molecular weight is 270 g/mol. The molecule has 1 unspecified atom stereocenters. The molecule has 1 aromatic carbocycles. The van der Waals surface area contributed by atoms with Gasteiger partial charge >= 0.3 is 0 Å². The molecular formula is C14H20F2N2O. The van der Waals surface area contributed by atoms with Crippen molar-refractivity contribution in [3.63, 3.8) is 0 Å². The number of benzene rings is 1. The lowest BCUT2D eigenvalue weighted by Crippen LogP contribution is -2.39. The number of hydrogen-bond acceptors (Lipinski definition) is 3. The van der Waals surface area contributed by atoms with Crippen molar-refractivity contribution in [3.8, 4) is 5.75 Å². The van der Waals surface area contributed by atoms with Crippen LogP contribution >= 0.6 is 0 Å². The van der Waals surface area contributed by atoms with Crippen LogP contribution in [0.5, 0.6) is 5.75 Å². The smallest absolute Gasteiger partial charge is 0.167 e. The van der Waals surface area contributed by atoms with E-state index in [-0.39, 0.29) is 11.8 Å². The Morgan fingerprint density at radius 3 is 2.63 bits per heavy atom.